The molecule has 12 heteroatoms. The highest BCUT2D eigenvalue weighted by Crippen LogP contribution is 2.34. The van der Waals surface area contributed by atoms with Crippen LogP contribution in [0.3, 0.4) is 0 Å². The molecule has 4 rings (SSSR count). The second kappa shape index (κ2) is 11.7. The Labute approximate surface area is 218 Å². The maximum atomic E-state index is 13.7. The van der Waals surface area contributed by atoms with E-state index in [0.717, 1.165) is 5.56 Å². The number of aromatic nitrogens is 2. The average Bonchev–Trinajstić information content (AvgIpc) is 3.39. The standard InChI is InChI=1S/C26H29F3N6O3/c27-26(28,29)25-32-21(34-12-8-18(9-13-34)14-23(36)37)15-22(33-25)35-11-1-2-20(35)24(38)31-10-7-17-3-5-19(16-30)6-4-17/h3-6,15,18,20H,1-2,7-14H2,(H,31,38)(H,36,37)/t20-/m0/s1. The van der Waals surface area contributed by atoms with Crippen LogP contribution in [-0.2, 0) is 22.2 Å². The van der Waals surface area contributed by atoms with Crippen LogP contribution < -0.4 is 15.1 Å². The summed E-state index contributed by atoms with van der Waals surface area (Å²) in [5.74, 6) is -2.27. The lowest BCUT2D eigenvalue weighted by Gasteiger charge is -2.33. The number of amides is 1. The van der Waals surface area contributed by atoms with Gasteiger partial charge in [0.05, 0.1) is 11.6 Å². The molecule has 0 unspecified atom stereocenters. The zero-order valence-electron chi connectivity index (χ0n) is 20.7. The third kappa shape index (κ3) is 6.70. The van der Waals surface area contributed by atoms with Crippen LogP contribution in [0, 0.1) is 17.2 Å². The number of rotatable bonds is 8. The van der Waals surface area contributed by atoms with E-state index in [0.29, 0.717) is 63.8 Å². The number of carboxylic acid groups (broad SMARTS) is 1. The number of anilines is 2. The lowest BCUT2D eigenvalue weighted by molar-refractivity contribution is -0.145. The Morgan fingerprint density at radius 2 is 1.76 bits per heavy atom. The lowest BCUT2D eigenvalue weighted by atomic mass is 9.94. The van der Waals surface area contributed by atoms with Crippen LogP contribution in [0.5, 0.6) is 0 Å². The summed E-state index contributed by atoms with van der Waals surface area (Å²) < 4.78 is 41.1. The number of aliphatic carboxylic acids is 1. The van der Waals surface area contributed by atoms with Crippen LogP contribution >= 0.6 is 0 Å². The van der Waals surface area contributed by atoms with Gasteiger partial charge in [-0.25, -0.2) is 9.97 Å². The van der Waals surface area contributed by atoms with E-state index in [-0.39, 0.29) is 29.9 Å². The highest BCUT2D eigenvalue weighted by molar-refractivity contribution is 5.85. The molecule has 2 N–H and O–H groups in total. The number of nitrogens with zero attached hydrogens (tertiary/aromatic N) is 5. The summed E-state index contributed by atoms with van der Waals surface area (Å²) in [7, 11) is 0. The molecule has 0 aliphatic carbocycles. The van der Waals surface area contributed by atoms with Gasteiger partial charge in [0.25, 0.3) is 0 Å². The Hall–Kier alpha value is -3.88. The molecule has 2 saturated heterocycles. The van der Waals surface area contributed by atoms with Crippen LogP contribution in [0.25, 0.3) is 0 Å². The minimum Gasteiger partial charge on any atom is -0.481 e. The molecule has 2 aliphatic rings. The predicted molar refractivity (Wildman–Crippen MR) is 132 cm³/mol. The molecule has 3 heterocycles. The monoisotopic (exact) mass is 530 g/mol. The molecule has 9 nitrogen and oxygen atoms in total. The maximum absolute atomic E-state index is 13.7. The lowest BCUT2D eigenvalue weighted by Crippen LogP contribution is -2.44. The number of nitrogens with one attached hydrogen (secondary N) is 1. The van der Waals surface area contributed by atoms with E-state index in [1.165, 1.54) is 6.07 Å². The van der Waals surface area contributed by atoms with Gasteiger partial charge >= 0.3 is 12.1 Å². The van der Waals surface area contributed by atoms with Crippen molar-refractivity contribution in [1.29, 1.82) is 5.26 Å². The Morgan fingerprint density at radius 3 is 2.39 bits per heavy atom. The summed E-state index contributed by atoms with van der Waals surface area (Å²) in [5.41, 5.74) is 1.50. The summed E-state index contributed by atoms with van der Waals surface area (Å²) in [6.07, 6.45) is -1.96. The molecule has 1 atom stereocenters. The summed E-state index contributed by atoms with van der Waals surface area (Å²) in [6, 6.07) is 9.94. The van der Waals surface area contributed by atoms with Crippen LogP contribution in [0.4, 0.5) is 24.8 Å². The van der Waals surface area contributed by atoms with Gasteiger partial charge in [0.15, 0.2) is 0 Å². The number of carboxylic acids is 1. The Balaban J connectivity index is 1.46. The minimum atomic E-state index is -4.76. The topological polar surface area (TPSA) is 122 Å². The van der Waals surface area contributed by atoms with Crippen molar-refractivity contribution in [3.8, 4) is 6.07 Å². The fraction of sp³-hybridized carbons (Fsp3) is 0.500. The normalized spacial score (nSPS) is 18.3. The average molecular weight is 531 g/mol. The summed E-state index contributed by atoms with van der Waals surface area (Å²) in [6.45, 7) is 1.53. The second-order valence-corrected chi connectivity index (χ2v) is 9.64. The summed E-state index contributed by atoms with van der Waals surface area (Å²) in [5, 5.41) is 20.8. The van der Waals surface area contributed by atoms with Gasteiger partial charge in [0.2, 0.25) is 11.7 Å². The molecule has 0 bridgehead atoms. The van der Waals surface area contributed by atoms with E-state index in [2.05, 4.69) is 21.4 Å². The fourth-order valence-corrected chi connectivity index (χ4v) is 4.98. The van der Waals surface area contributed by atoms with Gasteiger partial charge in [-0.3, -0.25) is 9.59 Å². The first-order valence-corrected chi connectivity index (χ1v) is 12.6. The van der Waals surface area contributed by atoms with Gasteiger partial charge in [0.1, 0.15) is 17.7 Å². The minimum absolute atomic E-state index is 0.0249. The smallest absolute Gasteiger partial charge is 0.451 e. The molecule has 2 aromatic rings. The third-order valence-corrected chi connectivity index (χ3v) is 7.00. The van der Waals surface area contributed by atoms with Crippen LogP contribution in [0.2, 0.25) is 0 Å². The molecule has 0 spiro atoms. The van der Waals surface area contributed by atoms with Crippen molar-refractivity contribution < 1.29 is 27.9 Å². The van der Waals surface area contributed by atoms with Crippen LogP contribution in [-0.4, -0.2) is 59.2 Å². The number of nitriles is 1. The number of alkyl halides is 3. The first kappa shape index (κ1) is 27.2. The molecule has 1 aromatic heterocycles. The molecule has 38 heavy (non-hydrogen) atoms. The van der Waals surface area contributed by atoms with Crippen molar-refractivity contribution in [1.82, 2.24) is 15.3 Å². The SMILES string of the molecule is N#Cc1ccc(CCNC(=O)[C@@H]2CCCN2c2cc(N3CCC(CC(=O)O)CC3)nc(C(F)(F)F)n2)cc1. The van der Waals surface area contributed by atoms with E-state index in [1.807, 2.05) is 12.1 Å². The van der Waals surface area contributed by atoms with Gasteiger partial charge in [-0.15, -0.1) is 0 Å². The largest absolute Gasteiger partial charge is 0.481 e. The Bertz CT molecular complexity index is 1190. The zero-order chi connectivity index (χ0) is 27.3. The third-order valence-electron chi connectivity index (χ3n) is 7.00. The van der Waals surface area contributed by atoms with Gasteiger partial charge in [-0.1, -0.05) is 12.1 Å². The number of hydrogen-bond acceptors (Lipinski definition) is 7. The first-order chi connectivity index (χ1) is 18.1. The van der Waals surface area contributed by atoms with Gasteiger partial charge < -0.3 is 20.2 Å². The number of carbonyl (C=O) groups excluding carboxylic acids is 1. The van der Waals surface area contributed by atoms with E-state index in [1.54, 1.807) is 21.9 Å². The molecule has 2 aliphatic heterocycles. The molecule has 1 aromatic carbocycles. The van der Waals surface area contributed by atoms with Crippen molar-refractivity contribution >= 4 is 23.5 Å². The second-order valence-electron chi connectivity index (χ2n) is 9.64. The van der Waals surface area contributed by atoms with Gasteiger partial charge in [0, 0.05) is 38.7 Å². The summed E-state index contributed by atoms with van der Waals surface area (Å²) >= 11 is 0. The van der Waals surface area contributed by atoms with Crippen molar-refractivity contribution in [3.05, 3.63) is 47.3 Å². The molecule has 0 radical (unpaired) electrons. The van der Waals surface area contributed by atoms with Crippen LogP contribution in [0.15, 0.2) is 30.3 Å². The number of halogens is 3. The van der Waals surface area contributed by atoms with Gasteiger partial charge in [-0.2, -0.15) is 18.4 Å². The quantitative estimate of drug-likeness (QED) is 0.533. The molecule has 202 valence electrons. The van der Waals surface area contributed by atoms with Crippen molar-refractivity contribution in [2.45, 2.75) is 50.7 Å². The molecule has 1 amide bonds. The molecular formula is C26H29F3N6O3. The Morgan fingerprint density at radius 1 is 1.08 bits per heavy atom. The van der Waals surface area contributed by atoms with E-state index < -0.39 is 24.0 Å². The number of hydrogen-bond donors (Lipinski definition) is 2. The summed E-state index contributed by atoms with van der Waals surface area (Å²) in [4.78, 5) is 34.9. The fourth-order valence-electron chi connectivity index (χ4n) is 4.98. The van der Waals surface area contributed by atoms with Crippen molar-refractivity contribution in [2.24, 2.45) is 5.92 Å². The van der Waals surface area contributed by atoms with Crippen molar-refractivity contribution in [3.63, 3.8) is 0 Å². The molecular weight excluding hydrogens is 501 g/mol. The van der Waals surface area contributed by atoms with Gasteiger partial charge in [-0.05, 0) is 55.7 Å². The first-order valence-electron chi connectivity index (χ1n) is 12.6. The maximum Gasteiger partial charge on any atom is 0.451 e. The van der Waals surface area contributed by atoms with E-state index >= 15 is 0 Å². The number of carbonyl (C=O) groups is 2. The molecule has 0 saturated carbocycles. The molecule has 2 fully saturated rings. The van der Waals surface area contributed by atoms with E-state index in [9.17, 15) is 22.8 Å². The number of benzene rings is 1. The highest BCUT2D eigenvalue weighted by atomic mass is 19.4. The highest BCUT2D eigenvalue weighted by Gasteiger charge is 2.39. The van der Waals surface area contributed by atoms with Crippen molar-refractivity contribution in [2.75, 3.05) is 36.0 Å². The van der Waals surface area contributed by atoms with Crippen LogP contribution in [0.1, 0.15) is 49.1 Å². The Kier molecular flexibility index (Phi) is 8.34. The number of piperidine rings is 1. The van der Waals surface area contributed by atoms with E-state index in [4.69, 9.17) is 10.4 Å². The predicted octanol–water partition coefficient (Wildman–Crippen LogP) is 3.39. The zero-order valence-corrected chi connectivity index (χ0v) is 20.7.